The van der Waals surface area contributed by atoms with Crippen LogP contribution in [0.15, 0.2) is 12.1 Å². The number of hydrogen-bond donors (Lipinski definition) is 1. The Balaban J connectivity index is 2.17. The Morgan fingerprint density at radius 1 is 1.58 bits per heavy atom. The predicted octanol–water partition coefficient (Wildman–Crippen LogP) is 2.04. The van der Waals surface area contributed by atoms with Crippen molar-refractivity contribution in [3.8, 4) is 6.07 Å². The van der Waals surface area contributed by atoms with Crippen LogP contribution < -0.4 is 5.32 Å². The number of nitrogens with one attached hydrogen (secondary N) is 1. The van der Waals surface area contributed by atoms with Gasteiger partial charge < -0.3 is 5.32 Å². The number of nitriles is 1. The van der Waals surface area contributed by atoms with Crippen LogP contribution in [-0.2, 0) is 0 Å². The van der Waals surface area contributed by atoms with Crippen LogP contribution in [0.5, 0.6) is 0 Å². The Morgan fingerprint density at radius 3 is 3.08 bits per heavy atom. The fourth-order valence-corrected chi connectivity index (χ4v) is 2.44. The Labute approximate surface area is 75.8 Å². The van der Waals surface area contributed by atoms with E-state index in [4.69, 9.17) is 5.26 Å². The molecule has 1 aliphatic heterocycles. The van der Waals surface area contributed by atoms with Crippen LogP contribution in [0.1, 0.15) is 28.6 Å². The zero-order chi connectivity index (χ0) is 8.39. The summed E-state index contributed by atoms with van der Waals surface area (Å²) in [7, 11) is 0. The van der Waals surface area contributed by atoms with Crippen LogP contribution in [0.2, 0.25) is 0 Å². The molecule has 1 aliphatic rings. The molecule has 0 amide bonds. The van der Waals surface area contributed by atoms with E-state index >= 15 is 0 Å². The molecule has 0 spiro atoms. The highest BCUT2D eigenvalue weighted by molar-refractivity contribution is 7.12. The van der Waals surface area contributed by atoms with Crippen LogP contribution in [0, 0.1) is 11.3 Å². The van der Waals surface area contributed by atoms with Gasteiger partial charge in [-0.15, -0.1) is 11.3 Å². The number of thiophene rings is 1. The lowest BCUT2D eigenvalue weighted by molar-refractivity contribution is 0.660. The van der Waals surface area contributed by atoms with Gasteiger partial charge in [0.2, 0.25) is 0 Å². The third kappa shape index (κ3) is 1.36. The highest BCUT2D eigenvalue weighted by atomic mass is 32.1. The molecule has 12 heavy (non-hydrogen) atoms. The van der Waals surface area contributed by atoms with Crippen LogP contribution >= 0.6 is 11.3 Å². The lowest BCUT2D eigenvalue weighted by atomic mass is 10.2. The highest BCUT2D eigenvalue weighted by Crippen LogP contribution is 2.28. The molecule has 62 valence electrons. The fourth-order valence-electron chi connectivity index (χ4n) is 1.53. The van der Waals surface area contributed by atoms with E-state index in [1.54, 1.807) is 11.3 Å². The van der Waals surface area contributed by atoms with Crippen molar-refractivity contribution in [1.82, 2.24) is 5.32 Å². The van der Waals surface area contributed by atoms with E-state index in [1.165, 1.54) is 17.7 Å². The Morgan fingerprint density at radius 2 is 2.50 bits per heavy atom. The summed E-state index contributed by atoms with van der Waals surface area (Å²) in [5.41, 5.74) is 0. The summed E-state index contributed by atoms with van der Waals surface area (Å²) in [6.45, 7) is 1.12. The summed E-state index contributed by atoms with van der Waals surface area (Å²) in [5, 5.41) is 12.0. The molecule has 0 aromatic carbocycles. The van der Waals surface area contributed by atoms with E-state index in [0.717, 1.165) is 11.4 Å². The standard InChI is InChI=1S/C9H10N2S/c10-6-7-3-4-9(12-7)8-2-1-5-11-8/h3-4,8,11H,1-2,5H2. The Kier molecular flexibility index (Phi) is 2.11. The molecule has 0 radical (unpaired) electrons. The second-order valence-corrected chi connectivity index (χ2v) is 4.08. The average Bonchev–Trinajstić information content (AvgIpc) is 2.75. The molecule has 1 aromatic rings. The van der Waals surface area contributed by atoms with E-state index < -0.39 is 0 Å². The predicted molar refractivity (Wildman–Crippen MR) is 49.0 cm³/mol. The second kappa shape index (κ2) is 3.26. The molecule has 2 nitrogen and oxygen atoms in total. The zero-order valence-corrected chi connectivity index (χ0v) is 7.53. The first kappa shape index (κ1) is 7.78. The van der Waals surface area contributed by atoms with Crippen LogP contribution in [0.25, 0.3) is 0 Å². The summed E-state index contributed by atoms with van der Waals surface area (Å²) in [6.07, 6.45) is 2.47. The van der Waals surface area contributed by atoms with Crippen molar-refractivity contribution in [2.24, 2.45) is 0 Å². The minimum absolute atomic E-state index is 0.511. The van der Waals surface area contributed by atoms with Crippen molar-refractivity contribution in [1.29, 1.82) is 5.26 Å². The summed E-state index contributed by atoms with van der Waals surface area (Å²) < 4.78 is 0. The lowest BCUT2D eigenvalue weighted by Crippen LogP contribution is -2.11. The first-order valence-electron chi connectivity index (χ1n) is 4.13. The minimum atomic E-state index is 0.511. The number of rotatable bonds is 1. The third-order valence-corrected chi connectivity index (χ3v) is 3.24. The van der Waals surface area contributed by atoms with Crippen LogP contribution in [0.3, 0.4) is 0 Å². The van der Waals surface area contributed by atoms with Gasteiger partial charge in [-0.1, -0.05) is 0 Å². The van der Waals surface area contributed by atoms with Gasteiger partial charge in [-0.25, -0.2) is 0 Å². The van der Waals surface area contributed by atoms with Crippen molar-refractivity contribution >= 4 is 11.3 Å². The number of hydrogen-bond acceptors (Lipinski definition) is 3. The molecule has 0 bridgehead atoms. The molecule has 2 rings (SSSR count). The zero-order valence-electron chi connectivity index (χ0n) is 6.71. The molecule has 1 fully saturated rings. The Bertz CT molecular complexity index is 305. The largest absolute Gasteiger partial charge is 0.309 e. The third-order valence-electron chi connectivity index (χ3n) is 2.14. The molecular formula is C9H10N2S. The molecule has 1 aromatic heterocycles. The summed E-state index contributed by atoms with van der Waals surface area (Å²) in [4.78, 5) is 2.13. The molecule has 0 saturated carbocycles. The van der Waals surface area contributed by atoms with Crippen molar-refractivity contribution in [2.75, 3.05) is 6.54 Å². The van der Waals surface area contributed by atoms with Gasteiger partial charge in [-0.3, -0.25) is 0 Å². The smallest absolute Gasteiger partial charge is 0.110 e. The van der Waals surface area contributed by atoms with Gasteiger partial charge >= 0.3 is 0 Å². The van der Waals surface area contributed by atoms with E-state index in [-0.39, 0.29) is 0 Å². The van der Waals surface area contributed by atoms with E-state index in [0.29, 0.717) is 6.04 Å². The molecule has 1 unspecified atom stereocenters. The van der Waals surface area contributed by atoms with Crippen molar-refractivity contribution in [3.05, 3.63) is 21.9 Å². The van der Waals surface area contributed by atoms with Gasteiger partial charge in [-0.2, -0.15) is 5.26 Å². The van der Waals surface area contributed by atoms with E-state index in [9.17, 15) is 0 Å². The van der Waals surface area contributed by atoms with Gasteiger partial charge in [0.05, 0.1) is 0 Å². The molecule has 2 heterocycles. The second-order valence-electron chi connectivity index (χ2n) is 2.96. The van der Waals surface area contributed by atoms with Crippen LogP contribution in [0.4, 0.5) is 0 Å². The monoisotopic (exact) mass is 178 g/mol. The normalized spacial score (nSPS) is 22.4. The maximum atomic E-state index is 8.63. The van der Waals surface area contributed by atoms with E-state index in [2.05, 4.69) is 17.5 Å². The van der Waals surface area contributed by atoms with Gasteiger partial charge in [0.15, 0.2) is 0 Å². The molecule has 0 aliphatic carbocycles. The van der Waals surface area contributed by atoms with Crippen molar-refractivity contribution < 1.29 is 0 Å². The SMILES string of the molecule is N#Cc1ccc(C2CCCN2)s1. The van der Waals surface area contributed by atoms with Gasteiger partial charge in [-0.05, 0) is 31.5 Å². The van der Waals surface area contributed by atoms with Crippen LogP contribution in [-0.4, -0.2) is 6.54 Å². The fraction of sp³-hybridized carbons (Fsp3) is 0.444. The summed E-state index contributed by atoms with van der Waals surface area (Å²) >= 11 is 1.61. The molecular weight excluding hydrogens is 168 g/mol. The highest BCUT2D eigenvalue weighted by Gasteiger charge is 2.17. The van der Waals surface area contributed by atoms with E-state index in [1.807, 2.05) is 6.07 Å². The molecule has 1 atom stereocenters. The van der Waals surface area contributed by atoms with Gasteiger partial charge in [0.1, 0.15) is 10.9 Å². The lowest BCUT2D eigenvalue weighted by Gasteiger charge is -2.05. The molecule has 3 heteroatoms. The quantitative estimate of drug-likeness (QED) is 0.714. The van der Waals surface area contributed by atoms with Gasteiger partial charge in [0.25, 0.3) is 0 Å². The maximum absolute atomic E-state index is 8.63. The topological polar surface area (TPSA) is 35.8 Å². The first-order valence-corrected chi connectivity index (χ1v) is 4.95. The molecule has 1 saturated heterocycles. The number of nitrogens with zero attached hydrogens (tertiary/aromatic N) is 1. The van der Waals surface area contributed by atoms with Crippen molar-refractivity contribution in [3.63, 3.8) is 0 Å². The minimum Gasteiger partial charge on any atom is -0.309 e. The average molecular weight is 178 g/mol. The summed E-state index contributed by atoms with van der Waals surface area (Å²) in [5.74, 6) is 0. The van der Waals surface area contributed by atoms with Crippen molar-refractivity contribution in [2.45, 2.75) is 18.9 Å². The van der Waals surface area contributed by atoms with Gasteiger partial charge in [0, 0.05) is 10.9 Å². The summed E-state index contributed by atoms with van der Waals surface area (Å²) in [6, 6.07) is 6.64. The Hall–Kier alpha value is -0.850. The molecule has 1 N–H and O–H groups in total. The first-order chi connectivity index (χ1) is 5.90. The maximum Gasteiger partial charge on any atom is 0.110 e.